The largest absolute Gasteiger partial charge is 0.460 e. The lowest BCUT2D eigenvalue weighted by Gasteiger charge is -2.61. The number of ether oxygens (including phenoxy) is 2. The van der Waals surface area contributed by atoms with Gasteiger partial charge in [-0.25, -0.2) is 0 Å². The third-order valence-corrected chi connectivity index (χ3v) is 8.83. The molecular formula is C22H34O4. The average molecular weight is 363 g/mol. The van der Waals surface area contributed by atoms with Gasteiger partial charge in [0.1, 0.15) is 11.9 Å². The second-order valence-corrected chi connectivity index (χ2v) is 10.1. The molecule has 0 aromatic carbocycles. The molecule has 0 unspecified atom stereocenters. The molecule has 0 aromatic rings. The molecule has 0 amide bonds. The van der Waals surface area contributed by atoms with E-state index in [1.165, 1.54) is 26.2 Å². The van der Waals surface area contributed by atoms with Crippen LogP contribution in [0.4, 0.5) is 0 Å². The summed E-state index contributed by atoms with van der Waals surface area (Å²) < 4.78 is 11.5. The van der Waals surface area contributed by atoms with E-state index in [2.05, 4.69) is 13.8 Å². The summed E-state index contributed by atoms with van der Waals surface area (Å²) in [6.07, 6.45) is 8.29. The van der Waals surface area contributed by atoms with Gasteiger partial charge in [-0.15, -0.1) is 0 Å². The Balaban J connectivity index is 1.60. The highest BCUT2D eigenvalue weighted by molar-refractivity contribution is 5.82. The van der Waals surface area contributed by atoms with Crippen molar-refractivity contribution in [3.63, 3.8) is 0 Å². The summed E-state index contributed by atoms with van der Waals surface area (Å²) in [7, 11) is 1.77. The minimum Gasteiger partial charge on any atom is -0.460 e. The van der Waals surface area contributed by atoms with Crippen molar-refractivity contribution < 1.29 is 19.1 Å². The summed E-state index contributed by atoms with van der Waals surface area (Å²) in [5, 5.41) is 0. The number of fused-ring (bicyclic) bond motifs is 5. The van der Waals surface area contributed by atoms with Crippen LogP contribution in [0.15, 0.2) is 0 Å². The molecule has 0 radical (unpaired) electrons. The lowest BCUT2D eigenvalue weighted by Crippen LogP contribution is -2.58. The van der Waals surface area contributed by atoms with E-state index in [0.29, 0.717) is 29.5 Å². The predicted octanol–water partition coefficient (Wildman–Crippen LogP) is 4.15. The standard InChI is InChI=1S/C22H34O4/c1-13(23)26-19-8-10-22(3)16-7-9-21(2)12-14(24)11-18(21)15(16)5-6-17(22)20(19)25-4/h15-20H,5-12H2,1-4H3/t15-,16+,17+,18+,19-,20-,21-,22-/m0/s1. The highest BCUT2D eigenvalue weighted by Gasteiger charge is 2.61. The molecule has 8 atom stereocenters. The van der Waals surface area contributed by atoms with Crippen molar-refractivity contribution in [2.45, 2.75) is 84.3 Å². The second kappa shape index (κ2) is 6.32. The molecule has 4 nitrogen and oxygen atoms in total. The third-order valence-electron chi connectivity index (χ3n) is 8.83. The van der Waals surface area contributed by atoms with Crippen LogP contribution in [-0.4, -0.2) is 31.1 Å². The Morgan fingerprint density at radius 2 is 1.81 bits per heavy atom. The topological polar surface area (TPSA) is 52.6 Å². The van der Waals surface area contributed by atoms with E-state index in [1.54, 1.807) is 7.11 Å². The van der Waals surface area contributed by atoms with Crippen LogP contribution in [-0.2, 0) is 19.1 Å². The van der Waals surface area contributed by atoms with Gasteiger partial charge in [-0.2, -0.15) is 0 Å². The van der Waals surface area contributed by atoms with Gasteiger partial charge in [0.15, 0.2) is 0 Å². The fraction of sp³-hybridized carbons (Fsp3) is 0.909. The molecule has 0 spiro atoms. The smallest absolute Gasteiger partial charge is 0.302 e. The normalized spacial score (nSPS) is 50.5. The number of carbonyl (C=O) groups excluding carboxylic acids is 2. The number of methoxy groups -OCH3 is 1. The molecule has 4 saturated carbocycles. The molecule has 146 valence electrons. The molecule has 0 aliphatic heterocycles. The highest BCUT2D eigenvalue weighted by atomic mass is 16.6. The Morgan fingerprint density at radius 1 is 1.04 bits per heavy atom. The van der Waals surface area contributed by atoms with Gasteiger partial charge in [-0.1, -0.05) is 13.8 Å². The maximum atomic E-state index is 12.2. The fourth-order valence-corrected chi connectivity index (χ4v) is 7.71. The van der Waals surface area contributed by atoms with Crippen LogP contribution in [0.25, 0.3) is 0 Å². The van der Waals surface area contributed by atoms with Gasteiger partial charge < -0.3 is 9.47 Å². The van der Waals surface area contributed by atoms with Crippen molar-refractivity contribution in [2.75, 3.05) is 7.11 Å². The minimum atomic E-state index is -0.202. The summed E-state index contributed by atoms with van der Waals surface area (Å²) in [6, 6.07) is 0. The molecule has 0 aromatic heterocycles. The Morgan fingerprint density at radius 3 is 2.50 bits per heavy atom. The Kier molecular flexibility index (Phi) is 4.49. The molecule has 0 saturated heterocycles. The van der Waals surface area contributed by atoms with Gasteiger partial charge in [-0.3, -0.25) is 9.59 Å². The number of Topliss-reactive ketones (excluding diaryl/α,β-unsaturated/α-hetero) is 1. The van der Waals surface area contributed by atoms with E-state index in [0.717, 1.165) is 32.1 Å². The summed E-state index contributed by atoms with van der Waals surface area (Å²) in [4.78, 5) is 23.8. The summed E-state index contributed by atoms with van der Waals surface area (Å²) >= 11 is 0. The van der Waals surface area contributed by atoms with E-state index < -0.39 is 0 Å². The van der Waals surface area contributed by atoms with Gasteiger partial charge in [0, 0.05) is 26.9 Å². The Hall–Kier alpha value is -0.900. The van der Waals surface area contributed by atoms with Crippen molar-refractivity contribution in [1.82, 2.24) is 0 Å². The van der Waals surface area contributed by atoms with E-state index >= 15 is 0 Å². The van der Waals surface area contributed by atoms with Crippen LogP contribution >= 0.6 is 0 Å². The molecule has 4 fully saturated rings. The van der Waals surface area contributed by atoms with E-state index in [9.17, 15) is 9.59 Å². The number of hydrogen-bond donors (Lipinski definition) is 0. The number of rotatable bonds is 2. The first-order valence-electron chi connectivity index (χ1n) is 10.5. The number of esters is 1. The Bertz CT molecular complexity index is 601. The van der Waals surface area contributed by atoms with Crippen molar-refractivity contribution in [2.24, 2.45) is 34.5 Å². The van der Waals surface area contributed by atoms with Gasteiger partial charge in [0.25, 0.3) is 0 Å². The van der Waals surface area contributed by atoms with Crippen molar-refractivity contribution >= 4 is 11.8 Å². The Labute approximate surface area is 157 Å². The maximum Gasteiger partial charge on any atom is 0.302 e. The molecular weight excluding hydrogens is 328 g/mol. The maximum absolute atomic E-state index is 12.2. The third kappa shape index (κ3) is 2.66. The SMILES string of the molecule is CO[C@@H]1[C@@H](OC(C)=O)CC[C@@]2(C)[C@@H]3CC[C@@]4(C)CC(=O)C[C@@H]4[C@H]3CC[C@H]12. The van der Waals surface area contributed by atoms with Gasteiger partial charge in [0.05, 0.1) is 6.10 Å². The first kappa shape index (κ1) is 18.5. The molecule has 4 heteroatoms. The van der Waals surface area contributed by atoms with Gasteiger partial charge in [0.2, 0.25) is 0 Å². The molecule has 0 bridgehead atoms. The molecule has 0 heterocycles. The molecule has 26 heavy (non-hydrogen) atoms. The van der Waals surface area contributed by atoms with Crippen LogP contribution in [0.5, 0.6) is 0 Å². The number of ketones is 1. The van der Waals surface area contributed by atoms with Gasteiger partial charge >= 0.3 is 5.97 Å². The second-order valence-electron chi connectivity index (χ2n) is 10.1. The van der Waals surface area contributed by atoms with E-state index in [4.69, 9.17) is 9.47 Å². The zero-order chi connectivity index (χ0) is 18.7. The lowest BCUT2D eigenvalue weighted by atomic mass is 9.45. The van der Waals surface area contributed by atoms with Crippen LogP contribution < -0.4 is 0 Å². The zero-order valence-electron chi connectivity index (χ0n) is 16.8. The summed E-state index contributed by atoms with van der Waals surface area (Å²) in [5.74, 6) is 2.68. The predicted molar refractivity (Wildman–Crippen MR) is 98.5 cm³/mol. The lowest BCUT2D eigenvalue weighted by molar-refractivity contribution is -0.195. The number of carbonyl (C=O) groups is 2. The van der Waals surface area contributed by atoms with Crippen molar-refractivity contribution in [3.05, 3.63) is 0 Å². The van der Waals surface area contributed by atoms with Crippen LogP contribution in [0, 0.1) is 34.5 Å². The van der Waals surface area contributed by atoms with Crippen LogP contribution in [0.1, 0.15) is 72.1 Å². The van der Waals surface area contributed by atoms with E-state index in [-0.39, 0.29) is 29.0 Å². The highest BCUT2D eigenvalue weighted by Crippen LogP contribution is 2.66. The zero-order valence-corrected chi connectivity index (χ0v) is 16.8. The van der Waals surface area contributed by atoms with Crippen molar-refractivity contribution in [3.8, 4) is 0 Å². The van der Waals surface area contributed by atoms with Crippen LogP contribution in [0.3, 0.4) is 0 Å². The molecule has 4 aliphatic carbocycles. The monoisotopic (exact) mass is 362 g/mol. The number of hydrogen-bond acceptors (Lipinski definition) is 4. The molecule has 0 N–H and O–H groups in total. The summed E-state index contributed by atoms with van der Waals surface area (Å²) in [5.41, 5.74) is 0.490. The molecule has 4 rings (SSSR count). The average Bonchev–Trinajstić information content (AvgIpc) is 2.88. The first-order chi connectivity index (χ1) is 12.3. The van der Waals surface area contributed by atoms with E-state index in [1.807, 2.05) is 0 Å². The first-order valence-corrected chi connectivity index (χ1v) is 10.5. The van der Waals surface area contributed by atoms with Gasteiger partial charge in [-0.05, 0) is 73.0 Å². The molecule has 4 aliphatic rings. The fourth-order valence-electron chi connectivity index (χ4n) is 7.71. The quantitative estimate of drug-likeness (QED) is 0.692. The van der Waals surface area contributed by atoms with Crippen LogP contribution in [0.2, 0.25) is 0 Å². The van der Waals surface area contributed by atoms with Crippen molar-refractivity contribution in [1.29, 1.82) is 0 Å². The minimum absolute atomic E-state index is 0.0112. The summed E-state index contributed by atoms with van der Waals surface area (Å²) in [6.45, 7) is 6.32.